The molecule has 0 saturated carbocycles. The van der Waals surface area contributed by atoms with Gasteiger partial charge in [0.25, 0.3) is 0 Å². The Labute approximate surface area is 93.3 Å². The monoisotopic (exact) mass is 228 g/mol. The lowest BCUT2D eigenvalue weighted by Crippen LogP contribution is -2.17. The Morgan fingerprint density at radius 2 is 2.20 bits per heavy atom. The lowest BCUT2D eigenvalue weighted by Gasteiger charge is -2.12. The summed E-state index contributed by atoms with van der Waals surface area (Å²) in [6.07, 6.45) is 0.310. The molecule has 0 fully saturated rings. The van der Waals surface area contributed by atoms with E-state index in [-0.39, 0.29) is 11.3 Å². The number of nitrogens with two attached hydrogens (primary N) is 1. The predicted molar refractivity (Wildman–Crippen MR) is 60.9 cm³/mol. The number of aromatic nitrogens is 2. The summed E-state index contributed by atoms with van der Waals surface area (Å²) in [5, 5.41) is 3.20. The molecule has 1 rings (SSSR count). The lowest BCUT2D eigenvalue weighted by molar-refractivity contribution is -0.116. The zero-order chi connectivity index (χ0) is 11.5. The molecule has 0 aliphatic heterocycles. The van der Waals surface area contributed by atoms with Gasteiger partial charge in [-0.25, -0.2) is 4.98 Å². The maximum absolute atomic E-state index is 11.2. The van der Waals surface area contributed by atoms with Crippen molar-refractivity contribution >= 4 is 22.6 Å². The number of rotatable bonds is 3. The summed E-state index contributed by atoms with van der Waals surface area (Å²) in [5.41, 5.74) is 5.17. The normalized spacial score (nSPS) is 11.5. The first-order chi connectivity index (χ1) is 6.93. The Balaban J connectivity index is 2.65. The summed E-state index contributed by atoms with van der Waals surface area (Å²) < 4.78 is 4.19. The molecule has 6 heteroatoms. The predicted octanol–water partition coefficient (Wildman–Crippen LogP) is 1.12. The van der Waals surface area contributed by atoms with Gasteiger partial charge in [0.1, 0.15) is 5.82 Å². The van der Waals surface area contributed by atoms with E-state index in [1.165, 1.54) is 11.5 Å². The molecule has 0 spiro atoms. The average molecular weight is 228 g/mol. The molecule has 1 aromatic rings. The van der Waals surface area contributed by atoms with E-state index in [1.54, 1.807) is 0 Å². The van der Waals surface area contributed by atoms with Gasteiger partial charge < -0.3 is 11.1 Å². The summed E-state index contributed by atoms with van der Waals surface area (Å²) in [4.78, 5) is 15.5. The van der Waals surface area contributed by atoms with Crippen LogP contribution in [0.25, 0.3) is 0 Å². The van der Waals surface area contributed by atoms with E-state index in [9.17, 15) is 4.79 Å². The fourth-order valence-corrected chi connectivity index (χ4v) is 1.67. The maximum atomic E-state index is 11.2. The Kier molecular flexibility index (Phi) is 3.76. The van der Waals surface area contributed by atoms with Crippen LogP contribution < -0.4 is 11.1 Å². The highest BCUT2D eigenvalue weighted by Gasteiger charge is 2.19. The highest BCUT2D eigenvalue weighted by atomic mass is 32.1. The summed E-state index contributed by atoms with van der Waals surface area (Å²) in [7, 11) is 0. The SMILES string of the molecule is CC(C)(C)c1nsc(NC(=O)CCN)n1. The van der Waals surface area contributed by atoms with Crippen LogP contribution in [0.3, 0.4) is 0 Å². The molecule has 5 nitrogen and oxygen atoms in total. The largest absolute Gasteiger partial charge is 0.330 e. The third-order valence-corrected chi connectivity index (χ3v) is 2.35. The average Bonchev–Trinajstić information content (AvgIpc) is 2.52. The van der Waals surface area contributed by atoms with E-state index in [0.717, 1.165) is 5.82 Å². The second-order valence-electron chi connectivity index (χ2n) is 4.26. The molecular formula is C9H16N4OS. The molecular weight excluding hydrogens is 212 g/mol. The molecule has 0 unspecified atom stereocenters. The standard InChI is InChI=1S/C9H16N4OS/c1-9(2,3)7-12-8(15-13-7)11-6(14)4-5-10/h4-5,10H2,1-3H3,(H,11,12,13,14). The van der Waals surface area contributed by atoms with Crippen molar-refractivity contribution in [3.63, 3.8) is 0 Å². The Bertz CT molecular complexity index is 342. The maximum Gasteiger partial charge on any atom is 0.227 e. The van der Waals surface area contributed by atoms with Crippen molar-refractivity contribution in [1.82, 2.24) is 9.36 Å². The van der Waals surface area contributed by atoms with Crippen LogP contribution in [-0.2, 0) is 10.2 Å². The fraction of sp³-hybridized carbons (Fsp3) is 0.667. The van der Waals surface area contributed by atoms with Crippen LogP contribution in [0.4, 0.5) is 5.13 Å². The number of nitrogens with zero attached hydrogens (tertiary/aromatic N) is 2. The molecule has 0 atom stereocenters. The number of hydrogen-bond donors (Lipinski definition) is 2. The van der Waals surface area contributed by atoms with Gasteiger partial charge in [0.05, 0.1) is 0 Å². The van der Waals surface area contributed by atoms with Gasteiger partial charge in [-0.3, -0.25) is 4.79 Å². The molecule has 1 heterocycles. The van der Waals surface area contributed by atoms with Crippen LogP contribution in [-0.4, -0.2) is 21.8 Å². The second kappa shape index (κ2) is 4.67. The van der Waals surface area contributed by atoms with Crippen molar-refractivity contribution in [3.05, 3.63) is 5.82 Å². The Morgan fingerprint density at radius 1 is 1.53 bits per heavy atom. The van der Waals surface area contributed by atoms with E-state index in [2.05, 4.69) is 14.7 Å². The smallest absolute Gasteiger partial charge is 0.227 e. The van der Waals surface area contributed by atoms with E-state index in [1.807, 2.05) is 20.8 Å². The zero-order valence-corrected chi connectivity index (χ0v) is 10.0. The first-order valence-electron chi connectivity index (χ1n) is 4.77. The first-order valence-corrected chi connectivity index (χ1v) is 5.55. The molecule has 15 heavy (non-hydrogen) atoms. The lowest BCUT2D eigenvalue weighted by atomic mass is 9.96. The van der Waals surface area contributed by atoms with E-state index < -0.39 is 0 Å². The van der Waals surface area contributed by atoms with Gasteiger partial charge in [-0.05, 0) is 0 Å². The van der Waals surface area contributed by atoms with Crippen molar-refractivity contribution in [1.29, 1.82) is 0 Å². The van der Waals surface area contributed by atoms with Gasteiger partial charge in [0.2, 0.25) is 11.0 Å². The van der Waals surface area contributed by atoms with E-state index >= 15 is 0 Å². The second-order valence-corrected chi connectivity index (χ2v) is 5.01. The van der Waals surface area contributed by atoms with Crippen LogP contribution in [0.2, 0.25) is 0 Å². The van der Waals surface area contributed by atoms with Crippen LogP contribution in [0.1, 0.15) is 33.0 Å². The number of anilines is 1. The minimum absolute atomic E-state index is 0.0899. The summed E-state index contributed by atoms with van der Waals surface area (Å²) >= 11 is 1.20. The summed E-state index contributed by atoms with van der Waals surface area (Å²) in [5.74, 6) is 0.629. The number of carbonyl (C=O) groups excluding carboxylic acids is 1. The highest BCUT2D eigenvalue weighted by Crippen LogP contribution is 2.22. The van der Waals surface area contributed by atoms with Gasteiger partial charge in [0, 0.05) is 29.9 Å². The summed E-state index contributed by atoms with van der Waals surface area (Å²) in [6, 6.07) is 0. The zero-order valence-electron chi connectivity index (χ0n) is 9.20. The molecule has 0 aromatic carbocycles. The summed E-state index contributed by atoms with van der Waals surface area (Å²) in [6.45, 7) is 6.43. The van der Waals surface area contributed by atoms with Gasteiger partial charge >= 0.3 is 0 Å². The third kappa shape index (κ3) is 3.56. The van der Waals surface area contributed by atoms with Crippen LogP contribution >= 0.6 is 11.5 Å². The third-order valence-electron chi connectivity index (χ3n) is 1.71. The molecule has 84 valence electrons. The molecule has 1 aromatic heterocycles. The fourth-order valence-electron chi connectivity index (χ4n) is 0.892. The van der Waals surface area contributed by atoms with E-state index in [0.29, 0.717) is 18.1 Å². The minimum Gasteiger partial charge on any atom is -0.330 e. The topological polar surface area (TPSA) is 80.9 Å². The Hall–Kier alpha value is -1.01. The highest BCUT2D eigenvalue weighted by molar-refractivity contribution is 7.09. The molecule has 0 saturated heterocycles. The molecule has 0 aliphatic rings. The first kappa shape index (κ1) is 12.1. The molecule has 0 bridgehead atoms. The van der Waals surface area contributed by atoms with Gasteiger partial charge in [-0.2, -0.15) is 4.37 Å². The molecule has 3 N–H and O–H groups in total. The minimum atomic E-state index is -0.117. The van der Waals surface area contributed by atoms with Gasteiger partial charge in [-0.1, -0.05) is 20.8 Å². The number of hydrogen-bond acceptors (Lipinski definition) is 5. The Morgan fingerprint density at radius 3 is 2.67 bits per heavy atom. The number of nitrogens with one attached hydrogen (secondary N) is 1. The van der Waals surface area contributed by atoms with Crippen LogP contribution in [0.5, 0.6) is 0 Å². The van der Waals surface area contributed by atoms with Crippen molar-refractivity contribution < 1.29 is 4.79 Å². The van der Waals surface area contributed by atoms with Crippen LogP contribution in [0, 0.1) is 0 Å². The van der Waals surface area contributed by atoms with Crippen molar-refractivity contribution in [2.75, 3.05) is 11.9 Å². The molecule has 1 amide bonds. The van der Waals surface area contributed by atoms with Gasteiger partial charge in [0.15, 0.2) is 0 Å². The molecule has 0 aliphatic carbocycles. The molecule has 0 radical (unpaired) electrons. The number of amides is 1. The quantitative estimate of drug-likeness (QED) is 0.812. The van der Waals surface area contributed by atoms with Crippen molar-refractivity contribution in [3.8, 4) is 0 Å². The number of carbonyl (C=O) groups is 1. The van der Waals surface area contributed by atoms with Gasteiger partial charge in [-0.15, -0.1) is 0 Å². The van der Waals surface area contributed by atoms with Crippen molar-refractivity contribution in [2.24, 2.45) is 5.73 Å². The van der Waals surface area contributed by atoms with Crippen LogP contribution in [0.15, 0.2) is 0 Å². The van der Waals surface area contributed by atoms with Crippen molar-refractivity contribution in [2.45, 2.75) is 32.6 Å². The van der Waals surface area contributed by atoms with E-state index in [4.69, 9.17) is 5.73 Å².